The van der Waals surface area contributed by atoms with Gasteiger partial charge >= 0.3 is 0 Å². The predicted molar refractivity (Wildman–Crippen MR) is 94.6 cm³/mol. The molecule has 6 heteroatoms. The maximum atomic E-state index is 5.82. The van der Waals surface area contributed by atoms with E-state index in [4.69, 9.17) is 14.2 Å². The summed E-state index contributed by atoms with van der Waals surface area (Å²) in [5.41, 5.74) is 2.26. The molecule has 2 aromatic rings. The van der Waals surface area contributed by atoms with Crippen LogP contribution in [0.2, 0.25) is 0 Å². The van der Waals surface area contributed by atoms with Gasteiger partial charge in [0.05, 0.1) is 11.5 Å². The summed E-state index contributed by atoms with van der Waals surface area (Å²) in [4.78, 5) is 7.15. The zero-order chi connectivity index (χ0) is 17.3. The van der Waals surface area contributed by atoms with Gasteiger partial charge in [0.2, 0.25) is 5.89 Å². The molecule has 2 fully saturated rings. The minimum absolute atomic E-state index is 0.168. The van der Waals surface area contributed by atoms with Gasteiger partial charge in [-0.1, -0.05) is 35.0 Å². The van der Waals surface area contributed by atoms with Crippen LogP contribution in [-0.2, 0) is 10.2 Å². The SMILES string of the molecule is Cc1ccc(C2(c3nc(C4CNCCN4C)no3)CCOCC2)cc1. The van der Waals surface area contributed by atoms with Crippen LogP contribution in [0.3, 0.4) is 0 Å². The Morgan fingerprint density at radius 3 is 2.68 bits per heavy atom. The lowest BCUT2D eigenvalue weighted by atomic mass is 9.74. The molecule has 6 nitrogen and oxygen atoms in total. The van der Waals surface area contributed by atoms with Gasteiger partial charge in [0.1, 0.15) is 0 Å². The minimum Gasteiger partial charge on any atom is -0.381 e. The van der Waals surface area contributed by atoms with Gasteiger partial charge in [0, 0.05) is 32.8 Å². The Morgan fingerprint density at radius 2 is 1.96 bits per heavy atom. The Bertz CT molecular complexity index is 706. The molecule has 0 saturated carbocycles. The molecule has 2 aliphatic rings. The van der Waals surface area contributed by atoms with E-state index in [1.807, 2.05) is 0 Å². The average molecular weight is 342 g/mol. The van der Waals surface area contributed by atoms with Crippen molar-refractivity contribution in [2.75, 3.05) is 39.9 Å². The molecule has 0 radical (unpaired) electrons. The molecule has 2 aliphatic heterocycles. The van der Waals surface area contributed by atoms with Crippen molar-refractivity contribution in [1.29, 1.82) is 0 Å². The van der Waals surface area contributed by atoms with Crippen molar-refractivity contribution in [3.63, 3.8) is 0 Å². The zero-order valence-corrected chi connectivity index (χ0v) is 15.0. The topological polar surface area (TPSA) is 63.4 Å². The van der Waals surface area contributed by atoms with Gasteiger partial charge in [-0.2, -0.15) is 4.98 Å². The Kier molecular flexibility index (Phi) is 4.58. The molecule has 1 unspecified atom stereocenters. The van der Waals surface area contributed by atoms with Gasteiger partial charge in [0.25, 0.3) is 0 Å². The molecule has 25 heavy (non-hydrogen) atoms. The lowest BCUT2D eigenvalue weighted by Gasteiger charge is -2.34. The molecule has 134 valence electrons. The second kappa shape index (κ2) is 6.86. The standard InChI is InChI=1S/C19H26N4O2/c1-14-3-5-15(6-4-14)19(7-11-24-12-8-19)18-21-17(22-25-18)16-13-20-9-10-23(16)2/h3-6,16,20H,7-13H2,1-2H3. The van der Waals surface area contributed by atoms with Gasteiger partial charge < -0.3 is 14.6 Å². The maximum Gasteiger partial charge on any atom is 0.237 e. The van der Waals surface area contributed by atoms with Crippen LogP contribution in [0, 0.1) is 6.92 Å². The van der Waals surface area contributed by atoms with Crippen molar-refractivity contribution in [3.8, 4) is 0 Å². The van der Waals surface area contributed by atoms with Crippen LogP contribution in [0.1, 0.15) is 41.7 Å². The van der Waals surface area contributed by atoms with Crippen molar-refractivity contribution in [2.24, 2.45) is 0 Å². The van der Waals surface area contributed by atoms with Crippen molar-refractivity contribution in [2.45, 2.75) is 31.2 Å². The fourth-order valence-electron chi connectivity index (χ4n) is 3.88. The van der Waals surface area contributed by atoms with E-state index in [-0.39, 0.29) is 11.5 Å². The van der Waals surface area contributed by atoms with Crippen LogP contribution >= 0.6 is 0 Å². The van der Waals surface area contributed by atoms with E-state index < -0.39 is 0 Å². The first-order valence-electron chi connectivity index (χ1n) is 9.09. The normalized spacial score (nSPS) is 24.3. The van der Waals surface area contributed by atoms with E-state index in [1.54, 1.807) is 0 Å². The first-order chi connectivity index (χ1) is 12.2. The molecule has 0 spiro atoms. The summed E-state index contributed by atoms with van der Waals surface area (Å²) in [6, 6.07) is 8.87. The van der Waals surface area contributed by atoms with Crippen LogP contribution in [0.15, 0.2) is 28.8 Å². The molecule has 0 aliphatic carbocycles. The van der Waals surface area contributed by atoms with E-state index in [2.05, 4.69) is 53.6 Å². The number of nitrogens with zero attached hydrogens (tertiary/aromatic N) is 3. The summed E-state index contributed by atoms with van der Waals surface area (Å²) in [5.74, 6) is 1.51. The lowest BCUT2D eigenvalue weighted by molar-refractivity contribution is 0.0523. The summed E-state index contributed by atoms with van der Waals surface area (Å²) >= 11 is 0. The number of aryl methyl sites for hydroxylation is 1. The highest BCUT2D eigenvalue weighted by Gasteiger charge is 2.42. The highest BCUT2D eigenvalue weighted by molar-refractivity contribution is 5.34. The fourth-order valence-corrected chi connectivity index (χ4v) is 3.88. The fraction of sp³-hybridized carbons (Fsp3) is 0.579. The Labute approximate surface area is 148 Å². The van der Waals surface area contributed by atoms with Crippen molar-refractivity contribution in [1.82, 2.24) is 20.4 Å². The molecular weight excluding hydrogens is 316 g/mol. The molecule has 2 saturated heterocycles. The van der Waals surface area contributed by atoms with Crippen molar-refractivity contribution < 1.29 is 9.26 Å². The highest BCUT2D eigenvalue weighted by atomic mass is 16.5. The van der Waals surface area contributed by atoms with Crippen LogP contribution in [0.5, 0.6) is 0 Å². The van der Waals surface area contributed by atoms with Gasteiger partial charge in [-0.05, 0) is 32.4 Å². The zero-order valence-electron chi connectivity index (χ0n) is 15.0. The second-order valence-corrected chi connectivity index (χ2v) is 7.22. The number of benzene rings is 1. The third kappa shape index (κ3) is 3.10. The molecule has 1 aromatic heterocycles. The largest absolute Gasteiger partial charge is 0.381 e. The number of hydrogen-bond acceptors (Lipinski definition) is 6. The number of aromatic nitrogens is 2. The van der Waals surface area contributed by atoms with E-state index >= 15 is 0 Å². The molecule has 1 aromatic carbocycles. The first kappa shape index (κ1) is 16.7. The smallest absolute Gasteiger partial charge is 0.237 e. The Hall–Kier alpha value is -1.76. The van der Waals surface area contributed by atoms with Gasteiger partial charge in [0.15, 0.2) is 5.82 Å². The number of rotatable bonds is 3. The summed E-state index contributed by atoms with van der Waals surface area (Å²) < 4.78 is 11.4. The third-order valence-corrected chi connectivity index (χ3v) is 5.61. The quantitative estimate of drug-likeness (QED) is 0.921. The van der Waals surface area contributed by atoms with Crippen LogP contribution in [0.25, 0.3) is 0 Å². The number of piperazine rings is 1. The molecule has 1 N–H and O–H groups in total. The molecule has 1 atom stereocenters. The van der Waals surface area contributed by atoms with E-state index in [9.17, 15) is 0 Å². The van der Waals surface area contributed by atoms with Crippen LogP contribution in [0.4, 0.5) is 0 Å². The van der Waals surface area contributed by atoms with Gasteiger partial charge in [-0.15, -0.1) is 0 Å². The Balaban J connectivity index is 1.69. The van der Waals surface area contributed by atoms with E-state index in [0.29, 0.717) is 0 Å². The van der Waals surface area contributed by atoms with Gasteiger partial charge in [-0.3, -0.25) is 4.90 Å². The molecule has 4 rings (SSSR count). The Morgan fingerprint density at radius 1 is 1.20 bits per heavy atom. The van der Waals surface area contributed by atoms with Crippen LogP contribution in [-0.4, -0.2) is 54.9 Å². The highest BCUT2D eigenvalue weighted by Crippen LogP contribution is 2.40. The third-order valence-electron chi connectivity index (χ3n) is 5.61. The summed E-state index contributed by atoms with van der Waals surface area (Å²) in [5, 5.41) is 7.76. The van der Waals surface area contributed by atoms with Crippen molar-refractivity contribution >= 4 is 0 Å². The average Bonchev–Trinajstić information content (AvgIpc) is 3.14. The maximum absolute atomic E-state index is 5.82. The van der Waals surface area contributed by atoms with Crippen molar-refractivity contribution in [3.05, 3.63) is 47.1 Å². The molecule has 0 amide bonds. The van der Waals surface area contributed by atoms with Crippen LogP contribution < -0.4 is 5.32 Å². The molecule has 0 bridgehead atoms. The number of ether oxygens (including phenoxy) is 1. The number of hydrogen-bond donors (Lipinski definition) is 1. The van der Waals surface area contributed by atoms with E-state index in [1.165, 1.54) is 11.1 Å². The van der Waals surface area contributed by atoms with E-state index in [0.717, 1.165) is 57.4 Å². The predicted octanol–water partition coefficient (Wildman–Crippen LogP) is 2.05. The number of nitrogens with one attached hydrogen (secondary N) is 1. The lowest BCUT2D eigenvalue weighted by Crippen LogP contribution is -2.44. The number of likely N-dealkylation sites (N-methyl/N-ethyl adjacent to an activating group) is 1. The van der Waals surface area contributed by atoms with Gasteiger partial charge in [-0.25, -0.2) is 0 Å². The molecular formula is C19H26N4O2. The second-order valence-electron chi connectivity index (χ2n) is 7.22. The molecule has 3 heterocycles. The summed E-state index contributed by atoms with van der Waals surface area (Å²) in [7, 11) is 2.12. The summed E-state index contributed by atoms with van der Waals surface area (Å²) in [6.45, 7) is 6.40. The first-order valence-corrected chi connectivity index (χ1v) is 9.09. The minimum atomic E-state index is -0.238. The monoisotopic (exact) mass is 342 g/mol. The summed E-state index contributed by atoms with van der Waals surface area (Å²) in [6.07, 6.45) is 1.74.